The molecule has 0 spiro atoms. The summed E-state index contributed by atoms with van der Waals surface area (Å²) in [4.78, 5) is 0. The van der Waals surface area contributed by atoms with E-state index in [0.29, 0.717) is 12.3 Å². The molecule has 0 aromatic rings. The summed E-state index contributed by atoms with van der Waals surface area (Å²) in [6.45, 7) is 7.31. The Hall–Kier alpha value is -0.800. The van der Waals surface area contributed by atoms with Crippen LogP contribution in [0.2, 0.25) is 0 Å². The lowest BCUT2D eigenvalue weighted by Gasteiger charge is -2.40. The van der Waals surface area contributed by atoms with Crippen molar-refractivity contribution in [1.82, 2.24) is 0 Å². The highest BCUT2D eigenvalue weighted by Gasteiger charge is 2.58. The summed E-state index contributed by atoms with van der Waals surface area (Å²) in [5, 5.41) is 0. The first-order chi connectivity index (χ1) is 14.6. The third-order valence-electron chi connectivity index (χ3n) is 8.92. The van der Waals surface area contributed by atoms with Crippen molar-refractivity contribution in [3.8, 4) is 0 Å². The quantitative estimate of drug-likeness (QED) is 0.259. The van der Waals surface area contributed by atoms with Crippen LogP contribution in [-0.2, 0) is 0 Å². The Morgan fingerprint density at radius 2 is 1.06 bits per heavy atom. The van der Waals surface area contributed by atoms with Crippen LogP contribution in [0.3, 0.4) is 0 Å². The highest BCUT2D eigenvalue weighted by molar-refractivity contribution is 5.22. The number of rotatable bonds is 8. The number of allylic oxidation sites excluding steroid dienone is 2. The lowest BCUT2D eigenvalue weighted by atomic mass is 9.65. The summed E-state index contributed by atoms with van der Waals surface area (Å²) in [5.41, 5.74) is -1.46. The fraction of sp³-hybridized carbons (Fsp3) is 0.852. The molecule has 4 heteroatoms. The third kappa shape index (κ3) is 5.77. The van der Waals surface area contributed by atoms with Crippen LogP contribution >= 0.6 is 0 Å². The van der Waals surface area contributed by atoms with E-state index in [1.807, 2.05) is 0 Å². The van der Waals surface area contributed by atoms with E-state index in [-0.39, 0.29) is 6.42 Å². The van der Waals surface area contributed by atoms with Crippen molar-refractivity contribution in [1.29, 1.82) is 0 Å². The van der Waals surface area contributed by atoms with Gasteiger partial charge in [0.25, 0.3) is 0 Å². The summed E-state index contributed by atoms with van der Waals surface area (Å²) in [5.74, 6) is -4.52. The van der Waals surface area contributed by atoms with E-state index in [9.17, 15) is 17.6 Å². The van der Waals surface area contributed by atoms with Gasteiger partial charge in [-0.1, -0.05) is 58.1 Å². The summed E-state index contributed by atoms with van der Waals surface area (Å²) in [6, 6.07) is 0. The molecule has 0 unspecified atom stereocenters. The third-order valence-corrected chi connectivity index (χ3v) is 8.92. The van der Waals surface area contributed by atoms with Gasteiger partial charge < -0.3 is 0 Å². The molecule has 0 amide bonds. The van der Waals surface area contributed by atoms with Crippen molar-refractivity contribution in [2.24, 2.45) is 29.6 Å². The Morgan fingerprint density at radius 1 is 0.645 bits per heavy atom. The van der Waals surface area contributed by atoms with E-state index >= 15 is 0 Å². The fourth-order valence-corrected chi connectivity index (χ4v) is 6.67. The van der Waals surface area contributed by atoms with E-state index in [1.165, 1.54) is 70.6 Å². The van der Waals surface area contributed by atoms with Gasteiger partial charge in [0.1, 0.15) is 0 Å². The average Bonchev–Trinajstić information content (AvgIpc) is 2.78. The molecule has 0 saturated heterocycles. The molecule has 0 heterocycles. The minimum absolute atomic E-state index is 0.0301. The van der Waals surface area contributed by atoms with Gasteiger partial charge in [-0.25, -0.2) is 0 Å². The molecular formula is C27H42F4. The fourth-order valence-electron chi connectivity index (χ4n) is 6.67. The molecule has 0 N–H and O–H groups in total. The standard InChI is InChI=1S/C27H42F4/c1-19(2)26(28,29)27(30,31)20(3)9-10-21-11-13-23(14-12-21)25-17-15-24(16-18-25)22-7-5-4-6-8-22/h21-25H,1,3-18H2,2H3. The van der Waals surface area contributed by atoms with Crippen LogP contribution in [0.15, 0.2) is 24.3 Å². The molecule has 0 nitrogen and oxygen atoms in total. The first kappa shape index (κ1) is 24.8. The maximum Gasteiger partial charge on any atom is 0.335 e. The molecular weight excluding hydrogens is 400 g/mol. The number of halogens is 4. The summed E-state index contributed by atoms with van der Waals surface area (Å²) in [6.07, 6.45) is 17.7. The first-order valence-electron chi connectivity index (χ1n) is 12.7. The lowest BCUT2D eigenvalue weighted by Crippen LogP contribution is -2.42. The molecule has 31 heavy (non-hydrogen) atoms. The van der Waals surface area contributed by atoms with Gasteiger partial charge in [-0.05, 0) is 99.0 Å². The van der Waals surface area contributed by atoms with Gasteiger partial charge in [0.05, 0.1) is 0 Å². The van der Waals surface area contributed by atoms with Gasteiger partial charge in [-0.15, -0.1) is 0 Å². The second kappa shape index (κ2) is 10.4. The van der Waals surface area contributed by atoms with Gasteiger partial charge in [-0.2, -0.15) is 17.6 Å². The largest absolute Gasteiger partial charge is 0.335 e. The van der Waals surface area contributed by atoms with Gasteiger partial charge in [0.15, 0.2) is 0 Å². The van der Waals surface area contributed by atoms with E-state index in [1.54, 1.807) is 0 Å². The van der Waals surface area contributed by atoms with Crippen molar-refractivity contribution in [2.45, 2.75) is 115 Å². The minimum atomic E-state index is -4.22. The predicted molar refractivity (Wildman–Crippen MR) is 121 cm³/mol. The van der Waals surface area contributed by atoms with Crippen LogP contribution < -0.4 is 0 Å². The van der Waals surface area contributed by atoms with Crippen molar-refractivity contribution < 1.29 is 17.6 Å². The van der Waals surface area contributed by atoms with Crippen LogP contribution in [0, 0.1) is 29.6 Å². The first-order valence-corrected chi connectivity index (χ1v) is 12.7. The summed E-state index contributed by atoms with van der Waals surface area (Å²) < 4.78 is 56.0. The number of hydrogen-bond acceptors (Lipinski definition) is 0. The van der Waals surface area contributed by atoms with Gasteiger partial charge in [-0.3, -0.25) is 0 Å². The van der Waals surface area contributed by atoms with Crippen molar-refractivity contribution in [3.05, 3.63) is 24.3 Å². The smallest absolute Gasteiger partial charge is 0.194 e. The summed E-state index contributed by atoms with van der Waals surface area (Å²) in [7, 11) is 0. The predicted octanol–water partition coefficient (Wildman–Crippen LogP) is 9.36. The monoisotopic (exact) mass is 442 g/mol. The minimum Gasteiger partial charge on any atom is -0.194 e. The zero-order valence-corrected chi connectivity index (χ0v) is 19.4. The molecule has 3 fully saturated rings. The van der Waals surface area contributed by atoms with Gasteiger partial charge in [0.2, 0.25) is 0 Å². The molecule has 0 aliphatic heterocycles. The van der Waals surface area contributed by atoms with E-state index in [4.69, 9.17) is 0 Å². The Bertz CT molecular complexity index is 601. The van der Waals surface area contributed by atoms with Gasteiger partial charge >= 0.3 is 11.8 Å². The van der Waals surface area contributed by atoms with Crippen LogP contribution in [0.25, 0.3) is 0 Å². The lowest BCUT2D eigenvalue weighted by molar-refractivity contribution is -0.162. The molecule has 0 aromatic heterocycles. The Balaban J connectivity index is 1.38. The molecule has 0 radical (unpaired) electrons. The molecule has 3 aliphatic rings. The van der Waals surface area contributed by atoms with Crippen LogP contribution in [-0.4, -0.2) is 11.8 Å². The molecule has 178 valence electrons. The Labute approximate surface area is 186 Å². The number of alkyl halides is 4. The molecule has 0 aromatic carbocycles. The summed E-state index contributed by atoms with van der Waals surface area (Å²) >= 11 is 0. The molecule has 3 saturated carbocycles. The van der Waals surface area contributed by atoms with Gasteiger partial charge in [0, 0.05) is 0 Å². The van der Waals surface area contributed by atoms with Crippen molar-refractivity contribution in [2.75, 3.05) is 0 Å². The maximum atomic E-state index is 14.2. The topological polar surface area (TPSA) is 0 Å². The molecule has 3 aliphatic carbocycles. The molecule has 0 atom stereocenters. The van der Waals surface area contributed by atoms with Crippen LogP contribution in [0.1, 0.15) is 103 Å². The molecule has 3 rings (SSSR count). The zero-order valence-electron chi connectivity index (χ0n) is 19.4. The van der Waals surface area contributed by atoms with Crippen molar-refractivity contribution >= 4 is 0 Å². The second-order valence-corrected chi connectivity index (χ2v) is 10.9. The van der Waals surface area contributed by atoms with Crippen molar-refractivity contribution in [3.63, 3.8) is 0 Å². The van der Waals surface area contributed by atoms with E-state index < -0.39 is 23.0 Å². The average molecular weight is 443 g/mol. The Morgan fingerprint density at radius 3 is 1.52 bits per heavy atom. The SMILES string of the molecule is C=C(C)C(F)(F)C(F)(F)C(=C)CCC1CCC(C2CCC(C3CCCCC3)CC2)CC1. The Kier molecular flexibility index (Phi) is 8.35. The normalized spacial score (nSPS) is 31.4. The zero-order chi connectivity index (χ0) is 22.6. The molecule has 0 bridgehead atoms. The van der Waals surface area contributed by atoms with Crippen LogP contribution in [0.5, 0.6) is 0 Å². The van der Waals surface area contributed by atoms with E-state index in [0.717, 1.165) is 43.4 Å². The van der Waals surface area contributed by atoms with E-state index in [2.05, 4.69) is 13.2 Å². The van der Waals surface area contributed by atoms with Crippen LogP contribution in [0.4, 0.5) is 17.6 Å². The highest BCUT2D eigenvalue weighted by Crippen LogP contribution is 2.48. The number of hydrogen-bond donors (Lipinski definition) is 0. The second-order valence-electron chi connectivity index (χ2n) is 10.9. The highest BCUT2D eigenvalue weighted by atomic mass is 19.3. The maximum absolute atomic E-state index is 14.2.